The summed E-state index contributed by atoms with van der Waals surface area (Å²) in [5.41, 5.74) is 6.16. The zero-order valence-electron chi connectivity index (χ0n) is 21.9. The third-order valence-electron chi connectivity index (χ3n) is 6.78. The first-order valence-corrected chi connectivity index (χ1v) is 15.6. The monoisotopic (exact) mass is 658 g/mol. The number of anilines is 1. The molecule has 21 nitrogen and oxygen atoms in total. The zero-order valence-corrected chi connectivity index (χ0v) is 23.7. The van der Waals surface area contributed by atoms with Crippen LogP contribution in [0.1, 0.15) is 5.76 Å². The van der Waals surface area contributed by atoms with Gasteiger partial charge in [0.15, 0.2) is 36.0 Å². The first kappa shape index (κ1) is 28.5. The van der Waals surface area contributed by atoms with E-state index in [9.17, 15) is 34.6 Å². The zero-order chi connectivity index (χ0) is 31.0. The topological polar surface area (TPSA) is 297 Å². The van der Waals surface area contributed by atoms with Crippen molar-refractivity contribution in [2.24, 2.45) is 5.73 Å². The second kappa shape index (κ2) is 10.1. The van der Waals surface area contributed by atoms with Crippen molar-refractivity contribution in [2.45, 2.75) is 18.9 Å². The van der Waals surface area contributed by atoms with E-state index in [1.807, 2.05) is 0 Å². The van der Waals surface area contributed by atoms with Crippen LogP contribution < -0.4 is 36.7 Å². The molecule has 1 fully saturated rings. The number of nitrogens with two attached hydrogens (primary N) is 1. The van der Waals surface area contributed by atoms with Gasteiger partial charge < -0.3 is 45.6 Å². The molecule has 3 aromatic rings. The van der Waals surface area contributed by atoms with E-state index in [0.717, 1.165) is 10.9 Å². The normalized spacial score (nSPS) is 25.5. The minimum Gasteiger partial charge on any atom is -0.500 e. The van der Waals surface area contributed by atoms with Crippen molar-refractivity contribution in [3.63, 3.8) is 0 Å². The van der Waals surface area contributed by atoms with Crippen LogP contribution in [0.15, 0.2) is 57.1 Å². The highest BCUT2D eigenvalue weighted by Crippen LogP contribution is 2.61. The van der Waals surface area contributed by atoms with Crippen LogP contribution in [0.3, 0.4) is 0 Å². The second-order valence-electron chi connectivity index (χ2n) is 9.49. The number of rotatable bonds is 2. The van der Waals surface area contributed by atoms with E-state index in [1.54, 1.807) is 0 Å². The fourth-order valence-corrected chi connectivity index (χ4v) is 6.29. The number of H-pyrrole nitrogens is 1. The highest BCUT2D eigenvalue weighted by molar-refractivity contribution is 7.55. The first-order chi connectivity index (χ1) is 20.9. The number of ether oxygens (including phenoxy) is 1. The smallest absolute Gasteiger partial charge is 0.500 e. The Morgan fingerprint density at radius 1 is 1.14 bits per heavy atom. The maximum absolute atomic E-state index is 12.2. The van der Waals surface area contributed by atoms with Crippen molar-refractivity contribution in [3.8, 4) is 11.5 Å². The highest BCUT2D eigenvalue weighted by atomic mass is 31.2. The summed E-state index contributed by atoms with van der Waals surface area (Å²) in [5.74, 6) is -3.19. The van der Waals surface area contributed by atoms with Gasteiger partial charge in [-0.05, 0) is 6.07 Å². The average molecular weight is 658 g/mol. The SMILES string of the molecule is NC1=C2NCN(c3oc4c(c3O)O[P+](O)(O)O/C=C3/OC(n5cnc6c(=O)[nH]ccc65)=C(O[P+](O)(O)OC4)[C@@H]3O)C2NCN1. The molecule has 1 unspecified atom stereocenters. The molecule has 44 heavy (non-hydrogen) atoms. The van der Waals surface area contributed by atoms with E-state index in [1.165, 1.54) is 17.2 Å². The number of hydrogen-bond acceptors (Lipinski definition) is 19. The van der Waals surface area contributed by atoms with E-state index >= 15 is 0 Å². The number of nitrogens with one attached hydrogen (secondary N) is 4. The molecular formula is C21H24N8O13P2+2. The molecule has 12 N–H and O–H groups in total. The van der Waals surface area contributed by atoms with Gasteiger partial charge in [0.05, 0.1) is 24.6 Å². The van der Waals surface area contributed by atoms with E-state index < -0.39 is 69.6 Å². The molecule has 2 bridgehead atoms. The maximum Gasteiger partial charge on any atom is 0.663 e. The van der Waals surface area contributed by atoms with E-state index in [0.29, 0.717) is 17.8 Å². The third-order valence-corrected chi connectivity index (χ3v) is 8.48. The van der Waals surface area contributed by atoms with E-state index in [4.69, 9.17) is 33.0 Å². The number of aliphatic hydroxyl groups excluding tert-OH is 1. The van der Waals surface area contributed by atoms with Crippen LogP contribution in [0.2, 0.25) is 0 Å². The minimum absolute atomic E-state index is 0.0194. The summed E-state index contributed by atoms with van der Waals surface area (Å²) < 4.78 is 33.3. The number of aromatic hydroxyl groups is 1. The molecule has 0 saturated carbocycles. The molecule has 1 saturated heterocycles. The molecule has 7 heterocycles. The molecule has 2 atom stereocenters. The second-order valence-corrected chi connectivity index (χ2v) is 12.3. The first-order valence-electron chi connectivity index (χ1n) is 12.5. The van der Waals surface area contributed by atoms with Gasteiger partial charge in [0.2, 0.25) is 11.6 Å². The van der Waals surface area contributed by atoms with Gasteiger partial charge in [-0.2, -0.15) is 19.6 Å². The lowest BCUT2D eigenvalue weighted by atomic mass is 10.3. The molecule has 7 rings (SSSR count). The summed E-state index contributed by atoms with van der Waals surface area (Å²) in [4.78, 5) is 62.8. The summed E-state index contributed by atoms with van der Waals surface area (Å²) in [5, 5.41) is 31.0. The largest absolute Gasteiger partial charge is 0.663 e. The number of furan rings is 1. The molecular weight excluding hydrogens is 634 g/mol. The molecule has 4 aliphatic heterocycles. The fourth-order valence-electron chi connectivity index (χ4n) is 4.81. The van der Waals surface area contributed by atoms with Crippen LogP contribution >= 0.6 is 16.3 Å². The Morgan fingerprint density at radius 3 is 2.77 bits per heavy atom. The summed E-state index contributed by atoms with van der Waals surface area (Å²) in [6.45, 7) is -0.503. The number of nitrogens with zero attached hydrogens (tertiary/aromatic N) is 3. The van der Waals surface area contributed by atoms with Gasteiger partial charge in [0, 0.05) is 6.20 Å². The van der Waals surface area contributed by atoms with Crippen LogP contribution in [0.5, 0.6) is 11.5 Å². The van der Waals surface area contributed by atoms with Crippen LogP contribution in [0.4, 0.5) is 5.88 Å². The molecule has 4 aliphatic rings. The Labute approximate surface area is 245 Å². The lowest BCUT2D eigenvalue weighted by molar-refractivity contribution is 0.102. The Morgan fingerprint density at radius 2 is 1.95 bits per heavy atom. The molecule has 0 amide bonds. The summed E-state index contributed by atoms with van der Waals surface area (Å²) in [7, 11) is -9.80. The number of aromatic nitrogens is 3. The lowest BCUT2D eigenvalue weighted by Gasteiger charge is -2.28. The molecule has 0 radical (unpaired) electrons. The van der Waals surface area contributed by atoms with Gasteiger partial charge in [0.25, 0.3) is 23.0 Å². The van der Waals surface area contributed by atoms with Crippen molar-refractivity contribution >= 4 is 39.1 Å². The van der Waals surface area contributed by atoms with Crippen molar-refractivity contribution in [3.05, 3.63) is 64.0 Å². The Hall–Kier alpha value is -4.30. The average Bonchev–Trinajstić information content (AvgIpc) is 3.73. The van der Waals surface area contributed by atoms with E-state index in [2.05, 4.69) is 25.9 Å². The Bertz CT molecular complexity index is 1810. The van der Waals surface area contributed by atoms with Crippen molar-refractivity contribution in [1.82, 2.24) is 30.5 Å². The quantitative estimate of drug-likeness (QED) is 0.137. The summed E-state index contributed by atoms with van der Waals surface area (Å²) in [6.07, 6.45) is 0.561. The Kier molecular flexibility index (Phi) is 6.55. The molecule has 0 spiro atoms. The van der Waals surface area contributed by atoms with Crippen LogP contribution in [-0.2, 0) is 24.9 Å². The van der Waals surface area contributed by atoms with Crippen molar-refractivity contribution in [1.29, 1.82) is 0 Å². The highest BCUT2D eigenvalue weighted by Gasteiger charge is 2.53. The number of pyridine rings is 1. The van der Waals surface area contributed by atoms with Crippen LogP contribution in [0.25, 0.3) is 16.9 Å². The van der Waals surface area contributed by atoms with Gasteiger partial charge in [0.1, 0.15) is 18.3 Å². The van der Waals surface area contributed by atoms with Gasteiger partial charge in [-0.1, -0.05) is 0 Å². The number of aliphatic hydroxyl groups is 1. The maximum atomic E-state index is 12.2. The lowest BCUT2D eigenvalue weighted by Crippen LogP contribution is -2.51. The Balaban J connectivity index is 1.27. The van der Waals surface area contributed by atoms with Crippen molar-refractivity contribution < 1.29 is 57.0 Å². The number of fused-ring (bicyclic) bond motifs is 5. The van der Waals surface area contributed by atoms with Crippen LogP contribution in [-0.4, -0.2) is 69.9 Å². The number of imidazole rings is 1. The summed E-state index contributed by atoms with van der Waals surface area (Å²) in [6, 6.07) is 1.45. The van der Waals surface area contributed by atoms with Gasteiger partial charge in [-0.25, -0.2) is 9.51 Å². The molecule has 3 aromatic heterocycles. The van der Waals surface area contributed by atoms with Gasteiger partial charge in [-0.15, -0.1) is 4.52 Å². The fraction of sp³-hybridized carbons (Fsp3) is 0.238. The number of hydrogen-bond donors (Lipinski definition) is 11. The molecule has 0 aromatic carbocycles. The molecule has 23 heteroatoms. The number of aromatic amines is 1. The van der Waals surface area contributed by atoms with Crippen molar-refractivity contribution in [2.75, 3.05) is 18.2 Å². The molecule has 234 valence electrons. The summed E-state index contributed by atoms with van der Waals surface area (Å²) >= 11 is 0. The van der Waals surface area contributed by atoms with Crippen LogP contribution in [0, 0.1) is 0 Å². The standard InChI is InChI=1S/C21H22N8O13P2/c22-17-12-18(25-5-24-17)29(7-27-12)20-14(31)15-10(40-20)4-38-44(35,36)42-16-13(30)9(3-37-43(33,34)41-15)39-21(16)28-6-26-11-8(28)1-2-23-19(11)32/h1-3,6,13,18,24-25,27,30,33-36H,4-5,7,22H2/p+2/b9-3+/t13-,18?/m1/s1. The van der Waals surface area contributed by atoms with Gasteiger partial charge in [-0.3, -0.25) is 23.7 Å². The van der Waals surface area contributed by atoms with E-state index in [-0.39, 0.29) is 36.1 Å². The predicted octanol–water partition coefficient (Wildman–Crippen LogP) is -1.68. The minimum atomic E-state index is -4.91. The molecule has 0 aliphatic carbocycles. The van der Waals surface area contributed by atoms with Gasteiger partial charge >= 0.3 is 16.3 Å². The third kappa shape index (κ3) is 4.72. The predicted molar refractivity (Wildman–Crippen MR) is 146 cm³/mol.